The largest absolute Gasteiger partial charge is 0.444 e. The number of hydrogen-bond donors (Lipinski definition) is 2. The maximum atomic E-state index is 11.5. The van der Waals surface area contributed by atoms with Crippen LogP contribution < -0.4 is 10.6 Å². The van der Waals surface area contributed by atoms with Gasteiger partial charge in [-0.25, -0.2) is 4.79 Å². The van der Waals surface area contributed by atoms with Gasteiger partial charge in [0.1, 0.15) is 17.9 Å². The first-order valence-corrected chi connectivity index (χ1v) is 5.56. The molecule has 6 nitrogen and oxygen atoms in total. The monoisotopic (exact) mass is 242 g/mol. The average molecular weight is 242 g/mol. The zero-order chi connectivity index (χ0) is 13.1. The van der Waals surface area contributed by atoms with Gasteiger partial charge >= 0.3 is 6.09 Å². The first-order chi connectivity index (χ1) is 7.81. The van der Waals surface area contributed by atoms with Crippen LogP contribution in [-0.2, 0) is 14.3 Å². The third-order valence-electron chi connectivity index (χ3n) is 2.29. The number of hydrogen-bond acceptors (Lipinski definition) is 4. The first kappa shape index (κ1) is 13.5. The second kappa shape index (κ2) is 5.16. The highest BCUT2D eigenvalue weighted by Gasteiger charge is 2.30. The van der Waals surface area contributed by atoms with E-state index in [9.17, 15) is 14.4 Å². The molecule has 2 atom stereocenters. The second-order valence-corrected chi connectivity index (χ2v) is 5.02. The fourth-order valence-electron chi connectivity index (χ4n) is 1.57. The molecule has 0 saturated carbocycles. The Bertz CT molecular complexity index is 322. The third kappa shape index (κ3) is 4.42. The zero-order valence-corrected chi connectivity index (χ0v) is 10.3. The van der Waals surface area contributed by atoms with Crippen LogP contribution in [0.2, 0.25) is 0 Å². The number of carbonyl (C=O) groups is 3. The van der Waals surface area contributed by atoms with Crippen molar-refractivity contribution in [1.82, 2.24) is 10.6 Å². The van der Waals surface area contributed by atoms with E-state index in [1.54, 1.807) is 20.8 Å². The summed E-state index contributed by atoms with van der Waals surface area (Å²) in [6.45, 7) is 5.27. The molecule has 2 unspecified atom stereocenters. The van der Waals surface area contributed by atoms with Crippen molar-refractivity contribution in [3.05, 3.63) is 0 Å². The fraction of sp³-hybridized carbons (Fsp3) is 0.727. The van der Waals surface area contributed by atoms with Crippen molar-refractivity contribution in [2.75, 3.05) is 0 Å². The van der Waals surface area contributed by atoms with Crippen molar-refractivity contribution in [2.24, 2.45) is 0 Å². The van der Waals surface area contributed by atoms with Gasteiger partial charge < -0.3 is 20.2 Å². The number of alkyl carbamates (subject to hydrolysis) is 1. The molecule has 1 fully saturated rings. The van der Waals surface area contributed by atoms with Gasteiger partial charge in [-0.15, -0.1) is 0 Å². The average Bonchev–Trinajstić information content (AvgIpc) is 2.17. The summed E-state index contributed by atoms with van der Waals surface area (Å²) >= 11 is 0. The van der Waals surface area contributed by atoms with Crippen LogP contribution >= 0.6 is 0 Å². The van der Waals surface area contributed by atoms with E-state index < -0.39 is 23.8 Å². The molecule has 0 aromatic heterocycles. The summed E-state index contributed by atoms with van der Waals surface area (Å²) in [6.07, 6.45) is 0.781. The van der Waals surface area contributed by atoms with Crippen LogP contribution in [0.4, 0.5) is 4.79 Å². The Kier molecular flexibility index (Phi) is 4.09. The molecule has 1 aliphatic rings. The number of rotatable bonds is 2. The molecule has 6 heteroatoms. The van der Waals surface area contributed by atoms with Crippen LogP contribution in [0.3, 0.4) is 0 Å². The van der Waals surface area contributed by atoms with Crippen molar-refractivity contribution < 1.29 is 19.1 Å². The minimum atomic E-state index is -0.677. The topological polar surface area (TPSA) is 84.5 Å². The molecule has 1 saturated heterocycles. The van der Waals surface area contributed by atoms with Gasteiger partial charge in [-0.3, -0.25) is 4.79 Å². The van der Waals surface area contributed by atoms with E-state index >= 15 is 0 Å². The predicted molar refractivity (Wildman–Crippen MR) is 60.4 cm³/mol. The lowest BCUT2D eigenvalue weighted by atomic mass is 9.99. The van der Waals surface area contributed by atoms with Crippen LogP contribution in [0.1, 0.15) is 33.6 Å². The van der Waals surface area contributed by atoms with Crippen LogP contribution in [0.5, 0.6) is 0 Å². The van der Waals surface area contributed by atoms with Crippen molar-refractivity contribution in [3.63, 3.8) is 0 Å². The molecular formula is C11H18N2O4. The summed E-state index contributed by atoms with van der Waals surface area (Å²) in [4.78, 5) is 33.4. The molecule has 17 heavy (non-hydrogen) atoms. The van der Waals surface area contributed by atoms with Crippen molar-refractivity contribution >= 4 is 18.3 Å². The van der Waals surface area contributed by atoms with Gasteiger partial charge in [0.25, 0.3) is 0 Å². The van der Waals surface area contributed by atoms with E-state index in [0.717, 1.165) is 0 Å². The minimum absolute atomic E-state index is 0.177. The molecule has 2 amide bonds. The Morgan fingerprint density at radius 1 is 1.53 bits per heavy atom. The molecular weight excluding hydrogens is 224 g/mol. The van der Waals surface area contributed by atoms with Gasteiger partial charge in [0.05, 0.1) is 6.04 Å². The Labute approximate surface area is 100 Å². The van der Waals surface area contributed by atoms with Crippen molar-refractivity contribution in [3.8, 4) is 0 Å². The van der Waals surface area contributed by atoms with Crippen LogP contribution in [0.15, 0.2) is 0 Å². The standard InChI is InChI=1S/C11H18N2O4/c1-11(2,3)17-10(16)13-7-4-5-9(15)12-8(7)6-14/h6-8H,4-5H2,1-3H3,(H,12,15)(H,13,16). The van der Waals surface area contributed by atoms with Gasteiger partial charge in [0, 0.05) is 6.42 Å². The zero-order valence-electron chi connectivity index (χ0n) is 10.3. The number of piperidine rings is 1. The Morgan fingerprint density at radius 2 is 2.18 bits per heavy atom. The van der Waals surface area contributed by atoms with Crippen LogP contribution in [0, 0.1) is 0 Å². The highest BCUT2D eigenvalue weighted by molar-refractivity contribution is 5.82. The molecule has 2 N–H and O–H groups in total. The molecule has 1 rings (SSSR count). The maximum Gasteiger partial charge on any atom is 0.407 e. The lowest BCUT2D eigenvalue weighted by molar-refractivity contribution is -0.126. The molecule has 0 aliphatic carbocycles. The van der Waals surface area contributed by atoms with Gasteiger partial charge in [-0.1, -0.05) is 0 Å². The molecule has 0 radical (unpaired) electrons. The van der Waals surface area contributed by atoms with Crippen LogP contribution in [0.25, 0.3) is 0 Å². The Morgan fingerprint density at radius 3 is 2.71 bits per heavy atom. The van der Waals surface area contributed by atoms with E-state index in [2.05, 4.69) is 10.6 Å². The van der Waals surface area contributed by atoms with Gasteiger partial charge in [0.2, 0.25) is 5.91 Å². The fourth-order valence-corrected chi connectivity index (χ4v) is 1.57. The molecule has 0 bridgehead atoms. The Hall–Kier alpha value is -1.59. The summed E-state index contributed by atoms with van der Waals surface area (Å²) in [5, 5.41) is 5.10. The maximum absolute atomic E-state index is 11.5. The van der Waals surface area contributed by atoms with Gasteiger partial charge in [-0.05, 0) is 27.2 Å². The molecule has 96 valence electrons. The number of aldehydes is 1. The molecule has 1 aliphatic heterocycles. The lowest BCUT2D eigenvalue weighted by Gasteiger charge is -2.30. The summed E-state index contributed by atoms with van der Waals surface area (Å²) in [6, 6.07) is -1.08. The first-order valence-electron chi connectivity index (χ1n) is 5.56. The van der Waals surface area contributed by atoms with Gasteiger partial charge in [0.15, 0.2) is 0 Å². The van der Waals surface area contributed by atoms with Crippen LogP contribution in [-0.4, -0.2) is 36.0 Å². The summed E-state index contributed by atoms with van der Waals surface area (Å²) in [5.74, 6) is -0.177. The minimum Gasteiger partial charge on any atom is -0.444 e. The molecule has 1 heterocycles. The van der Waals surface area contributed by atoms with Gasteiger partial charge in [-0.2, -0.15) is 0 Å². The third-order valence-corrected chi connectivity index (χ3v) is 2.29. The van der Waals surface area contributed by atoms with Crippen molar-refractivity contribution in [2.45, 2.75) is 51.3 Å². The van der Waals surface area contributed by atoms with E-state index in [1.807, 2.05) is 0 Å². The summed E-state index contributed by atoms with van der Waals surface area (Å²) in [5.41, 5.74) is -0.585. The summed E-state index contributed by atoms with van der Waals surface area (Å²) in [7, 11) is 0. The highest BCUT2D eigenvalue weighted by atomic mass is 16.6. The Balaban J connectivity index is 2.52. The number of nitrogens with one attached hydrogen (secondary N) is 2. The van der Waals surface area contributed by atoms with E-state index in [1.165, 1.54) is 0 Å². The van der Waals surface area contributed by atoms with Crippen molar-refractivity contribution in [1.29, 1.82) is 0 Å². The van der Waals surface area contributed by atoms with E-state index in [0.29, 0.717) is 19.1 Å². The second-order valence-electron chi connectivity index (χ2n) is 5.02. The molecule has 0 aromatic rings. The number of amides is 2. The molecule has 0 spiro atoms. The smallest absolute Gasteiger partial charge is 0.407 e. The summed E-state index contributed by atoms with van der Waals surface area (Å²) < 4.78 is 5.08. The van der Waals surface area contributed by atoms with E-state index in [4.69, 9.17) is 4.74 Å². The quantitative estimate of drug-likeness (QED) is 0.685. The molecule has 0 aromatic carbocycles. The predicted octanol–water partition coefficient (Wildman–Crippen LogP) is 0.357. The normalized spacial score (nSPS) is 24.8. The lowest BCUT2D eigenvalue weighted by Crippen LogP contribution is -2.56. The highest BCUT2D eigenvalue weighted by Crippen LogP contribution is 2.11. The van der Waals surface area contributed by atoms with E-state index in [-0.39, 0.29) is 5.91 Å². The SMILES string of the molecule is CC(C)(C)OC(=O)NC1CCC(=O)NC1C=O. The number of carbonyl (C=O) groups excluding carboxylic acids is 3. The number of ether oxygens (including phenoxy) is 1.